The molecule has 0 spiro atoms. The van der Waals surface area contributed by atoms with Gasteiger partial charge in [-0.05, 0) is 106 Å². The summed E-state index contributed by atoms with van der Waals surface area (Å²) in [6, 6.07) is 55.3. The predicted octanol–water partition coefficient (Wildman–Crippen LogP) is 14.1. The third kappa shape index (κ3) is 5.22. The van der Waals surface area contributed by atoms with E-state index in [1.165, 1.54) is 66.0 Å². The Labute approximate surface area is 356 Å². The average Bonchev–Trinajstić information content (AvgIpc) is 3.86. The maximum absolute atomic E-state index is 5.50. The van der Waals surface area contributed by atoms with Crippen LogP contribution in [0, 0.1) is 0 Å². The lowest BCUT2D eigenvalue weighted by molar-refractivity contribution is 0.332. The molecule has 3 heterocycles. The molecular formula is C56H47N5. The molecule has 0 aliphatic heterocycles. The summed E-state index contributed by atoms with van der Waals surface area (Å²) in [6.45, 7) is 14.3. The second-order valence-electron chi connectivity index (χ2n) is 19.2. The minimum atomic E-state index is -0.0939. The minimum Gasteiger partial charge on any atom is -0.309 e. The molecule has 0 saturated heterocycles. The number of aromatic nitrogens is 5. The van der Waals surface area contributed by atoms with Crippen molar-refractivity contribution in [1.29, 1.82) is 0 Å². The normalized spacial score (nSPS) is 16.0. The molecule has 7 aromatic carbocycles. The number of hydrogen-bond donors (Lipinski definition) is 0. The van der Waals surface area contributed by atoms with Crippen LogP contribution in [0.1, 0.15) is 76.6 Å². The largest absolute Gasteiger partial charge is 0.309 e. The van der Waals surface area contributed by atoms with Gasteiger partial charge in [-0.15, -0.1) is 0 Å². The quantitative estimate of drug-likeness (QED) is 0.178. The average molecular weight is 790 g/mol. The number of benzene rings is 7. The highest BCUT2D eigenvalue weighted by atomic mass is 15.2. The Balaban J connectivity index is 1.20. The number of hydrogen-bond acceptors (Lipinski definition) is 3. The molecule has 296 valence electrons. The molecular weight excluding hydrogens is 743 g/mol. The van der Waals surface area contributed by atoms with Gasteiger partial charge in [-0.1, -0.05) is 145 Å². The molecule has 0 amide bonds. The first kappa shape index (κ1) is 36.0. The van der Waals surface area contributed by atoms with Crippen LogP contribution in [-0.2, 0) is 16.2 Å². The molecule has 0 fully saturated rings. The van der Waals surface area contributed by atoms with Gasteiger partial charge in [0.2, 0.25) is 5.95 Å². The van der Waals surface area contributed by atoms with Crippen LogP contribution >= 0.6 is 0 Å². The standard InChI is InChI=1S/C56H47N5/c1-54(2)27-28-55(3,4)46-33-50-40(30-45(46)54)42-32-48-41(38-22-14-16-24-47(38)60(48)36-19-11-8-12-20-36)31-49(42)61(50)53-58-51(34-17-9-7-10-18-34)57-52(59-53)35-25-26-44-39(29-35)37-21-13-15-23-43(37)56(44,5)6/h7-26,29-33H,27-28H2,1-6H3. The van der Waals surface area contributed by atoms with Crippen LogP contribution in [-0.4, -0.2) is 24.1 Å². The molecule has 5 heteroatoms. The van der Waals surface area contributed by atoms with Crippen LogP contribution in [0.4, 0.5) is 0 Å². The molecule has 0 unspecified atom stereocenters. The second-order valence-corrected chi connectivity index (χ2v) is 19.2. The van der Waals surface area contributed by atoms with E-state index in [1.54, 1.807) is 0 Å². The molecule has 3 aromatic heterocycles. The number of nitrogens with zero attached hydrogens (tertiary/aromatic N) is 5. The fourth-order valence-corrected chi connectivity index (χ4v) is 10.8. The summed E-state index contributed by atoms with van der Waals surface area (Å²) < 4.78 is 4.75. The van der Waals surface area contributed by atoms with Crippen LogP contribution in [0.2, 0.25) is 0 Å². The van der Waals surface area contributed by atoms with Gasteiger partial charge >= 0.3 is 0 Å². The molecule has 2 aliphatic carbocycles. The van der Waals surface area contributed by atoms with Crippen molar-refractivity contribution in [3.05, 3.63) is 174 Å². The van der Waals surface area contributed by atoms with Gasteiger partial charge in [-0.3, -0.25) is 4.57 Å². The van der Waals surface area contributed by atoms with Crippen molar-refractivity contribution in [2.75, 3.05) is 0 Å². The third-order valence-corrected chi connectivity index (χ3v) is 14.2. The monoisotopic (exact) mass is 789 g/mol. The van der Waals surface area contributed by atoms with E-state index in [2.05, 4.69) is 196 Å². The summed E-state index contributed by atoms with van der Waals surface area (Å²) >= 11 is 0. The molecule has 0 N–H and O–H groups in total. The zero-order chi connectivity index (χ0) is 41.4. The zero-order valence-electron chi connectivity index (χ0n) is 35.6. The van der Waals surface area contributed by atoms with E-state index in [9.17, 15) is 0 Å². The van der Waals surface area contributed by atoms with Crippen molar-refractivity contribution >= 4 is 43.6 Å². The van der Waals surface area contributed by atoms with Crippen LogP contribution in [0.3, 0.4) is 0 Å². The van der Waals surface area contributed by atoms with Crippen molar-refractivity contribution in [2.24, 2.45) is 0 Å². The number of fused-ring (bicyclic) bond motifs is 10. The van der Waals surface area contributed by atoms with Crippen LogP contribution in [0.15, 0.2) is 152 Å². The van der Waals surface area contributed by atoms with Crippen LogP contribution in [0.5, 0.6) is 0 Å². The van der Waals surface area contributed by atoms with Crippen LogP contribution < -0.4 is 0 Å². The maximum atomic E-state index is 5.50. The van der Waals surface area contributed by atoms with Crippen molar-refractivity contribution < 1.29 is 0 Å². The van der Waals surface area contributed by atoms with Gasteiger partial charge in [0.25, 0.3) is 0 Å². The predicted molar refractivity (Wildman–Crippen MR) is 252 cm³/mol. The van der Waals surface area contributed by atoms with Gasteiger partial charge in [0.1, 0.15) is 0 Å². The molecule has 2 aliphatic rings. The lowest BCUT2D eigenvalue weighted by Crippen LogP contribution is -2.33. The topological polar surface area (TPSA) is 48.5 Å². The first-order valence-corrected chi connectivity index (χ1v) is 21.7. The van der Waals surface area contributed by atoms with E-state index in [0.29, 0.717) is 17.6 Å². The molecule has 0 radical (unpaired) electrons. The van der Waals surface area contributed by atoms with E-state index in [0.717, 1.165) is 40.7 Å². The summed E-state index contributed by atoms with van der Waals surface area (Å²) in [7, 11) is 0. The molecule has 61 heavy (non-hydrogen) atoms. The van der Waals surface area contributed by atoms with E-state index in [-0.39, 0.29) is 16.2 Å². The highest BCUT2D eigenvalue weighted by molar-refractivity contribution is 6.19. The Hall–Kier alpha value is -6.85. The third-order valence-electron chi connectivity index (χ3n) is 14.2. The van der Waals surface area contributed by atoms with Crippen molar-refractivity contribution in [3.63, 3.8) is 0 Å². The number of rotatable bonds is 4. The van der Waals surface area contributed by atoms with Crippen molar-refractivity contribution in [1.82, 2.24) is 24.1 Å². The summed E-state index contributed by atoms with van der Waals surface area (Å²) in [4.78, 5) is 16.2. The second kappa shape index (κ2) is 12.6. The van der Waals surface area contributed by atoms with E-state index < -0.39 is 0 Å². The Kier molecular flexibility index (Phi) is 7.44. The van der Waals surface area contributed by atoms with Crippen molar-refractivity contribution in [2.45, 2.75) is 70.6 Å². The highest BCUT2D eigenvalue weighted by Crippen LogP contribution is 2.51. The minimum absolute atomic E-state index is 0.0130. The van der Waals surface area contributed by atoms with Crippen LogP contribution in [0.25, 0.3) is 89.2 Å². The number of para-hydroxylation sites is 2. The van der Waals surface area contributed by atoms with E-state index in [4.69, 9.17) is 15.0 Å². The first-order chi connectivity index (χ1) is 29.5. The highest BCUT2D eigenvalue weighted by Gasteiger charge is 2.39. The Morgan fingerprint density at radius 1 is 0.393 bits per heavy atom. The molecule has 0 saturated carbocycles. The van der Waals surface area contributed by atoms with Gasteiger partial charge in [0.05, 0.1) is 22.1 Å². The summed E-state index contributed by atoms with van der Waals surface area (Å²) in [6.07, 6.45) is 2.27. The van der Waals surface area contributed by atoms with Gasteiger partial charge < -0.3 is 4.57 Å². The van der Waals surface area contributed by atoms with Gasteiger partial charge in [-0.25, -0.2) is 4.98 Å². The van der Waals surface area contributed by atoms with E-state index in [1.807, 2.05) is 6.07 Å². The molecule has 0 atom stereocenters. The lowest BCUT2D eigenvalue weighted by Gasteiger charge is -2.42. The first-order valence-electron chi connectivity index (χ1n) is 21.7. The molecule has 12 rings (SSSR count). The fraction of sp³-hybridized carbons (Fsp3) is 0.196. The maximum Gasteiger partial charge on any atom is 0.238 e. The fourth-order valence-electron chi connectivity index (χ4n) is 10.8. The van der Waals surface area contributed by atoms with Gasteiger partial charge in [0, 0.05) is 43.8 Å². The Morgan fingerprint density at radius 2 is 0.951 bits per heavy atom. The SMILES string of the molecule is CC1(C)CCC(C)(C)c2cc3c(cc21)c1cc2c(cc1n3-c1nc(-c3ccccc3)nc(-c3ccc4c(c3)-c3ccccc3C4(C)C)n1)c1ccccc1n2-c1ccccc1. The summed E-state index contributed by atoms with van der Waals surface area (Å²) in [5, 5.41) is 4.80. The van der Waals surface area contributed by atoms with Gasteiger partial charge in [0.15, 0.2) is 11.6 Å². The summed E-state index contributed by atoms with van der Waals surface area (Å²) in [5.41, 5.74) is 15.6. The Bertz CT molecular complexity index is 3440. The zero-order valence-corrected chi connectivity index (χ0v) is 35.6. The molecule has 10 aromatic rings. The molecule has 0 bridgehead atoms. The Morgan fingerprint density at radius 3 is 1.70 bits per heavy atom. The summed E-state index contributed by atoms with van der Waals surface area (Å²) in [5.74, 6) is 1.92. The molecule has 5 nitrogen and oxygen atoms in total. The van der Waals surface area contributed by atoms with Gasteiger partial charge in [-0.2, -0.15) is 9.97 Å². The smallest absolute Gasteiger partial charge is 0.238 e. The van der Waals surface area contributed by atoms with E-state index >= 15 is 0 Å². The van der Waals surface area contributed by atoms with Crippen molar-refractivity contribution in [3.8, 4) is 45.5 Å². The lowest BCUT2D eigenvalue weighted by atomic mass is 9.63.